The molecule has 0 unspecified atom stereocenters. The first-order chi connectivity index (χ1) is 23.5. The van der Waals surface area contributed by atoms with Crippen molar-refractivity contribution in [1.82, 2.24) is 5.32 Å². The summed E-state index contributed by atoms with van der Waals surface area (Å²) in [6.45, 7) is -0.428. The monoisotopic (exact) mass is 747 g/mol. The number of carbonyl (C=O) groups excluding carboxylic acids is 2. The molecule has 16 nitrogen and oxygen atoms in total. The number of esters is 1. The normalized spacial score (nSPS) is 12.0. The van der Waals surface area contributed by atoms with Crippen LogP contribution in [-0.4, -0.2) is 61.7 Å². The second-order valence-corrected chi connectivity index (χ2v) is 15.6. The van der Waals surface area contributed by atoms with Gasteiger partial charge in [-0.1, -0.05) is 42.5 Å². The Balaban J connectivity index is 1.31. The Morgan fingerprint density at radius 1 is 0.700 bits per heavy atom. The number of nitrogens with zero attached hydrogens (tertiary/aromatic N) is 1. The van der Waals surface area contributed by atoms with Gasteiger partial charge in [0.25, 0.3) is 0 Å². The highest BCUT2D eigenvalue weighted by molar-refractivity contribution is 7.91. The number of hydrogen-bond acceptors (Lipinski definition) is 14. The van der Waals surface area contributed by atoms with Crippen molar-refractivity contribution in [2.75, 3.05) is 18.5 Å². The van der Waals surface area contributed by atoms with Crippen molar-refractivity contribution in [3.63, 3.8) is 0 Å². The summed E-state index contributed by atoms with van der Waals surface area (Å²) in [4.78, 5) is 24.2. The van der Waals surface area contributed by atoms with E-state index in [0.717, 1.165) is 18.6 Å². The number of sulfone groups is 2. The van der Waals surface area contributed by atoms with E-state index in [4.69, 9.17) is 24.7 Å². The van der Waals surface area contributed by atoms with Crippen LogP contribution < -0.4 is 20.5 Å². The zero-order valence-electron chi connectivity index (χ0n) is 26.2. The molecule has 0 saturated heterocycles. The molecule has 19 heteroatoms. The molecule has 0 heterocycles. The third-order valence-corrected chi connectivity index (χ3v) is 9.06. The summed E-state index contributed by atoms with van der Waals surface area (Å²) >= 11 is 0. The van der Waals surface area contributed by atoms with Crippen molar-refractivity contribution in [3.8, 4) is 23.0 Å². The molecular weight excluding hydrogens is 719 g/mol. The number of amides is 1. The number of ether oxygens (including phenoxy) is 4. The molecule has 0 aliphatic heterocycles. The van der Waals surface area contributed by atoms with E-state index in [2.05, 4.69) is 9.44 Å². The first-order valence-corrected chi connectivity index (χ1v) is 19.3. The van der Waals surface area contributed by atoms with Gasteiger partial charge in [0.15, 0.2) is 19.7 Å². The Morgan fingerprint density at radius 2 is 1.22 bits per heavy atom. The first kappa shape index (κ1) is 37.2. The van der Waals surface area contributed by atoms with Gasteiger partial charge in [-0.25, -0.2) is 26.4 Å². The lowest BCUT2D eigenvalue weighted by molar-refractivity contribution is 0.0560. The zero-order valence-corrected chi connectivity index (χ0v) is 28.7. The van der Waals surface area contributed by atoms with Crippen molar-refractivity contribution in [2.45, 2.75) is 16.4 Å². The molecule has 0 aliphatic carbocycles. The fraction of sp³-hybridized carbons (Fsp3) is 0.129. The van der Waals surface area contributed by atoms with E-state index in [1.54, 1.807) is 60.7 Å². The van der Waals surface area contributed by atoms with Crippen LogP contribution >= 0.6 is 0 Å². The number of benzene rings is 4. The summed E-state index contributed by atoms with van der Waals surface area (Å²) < 4.78 is 99.2. The van der Waals surface area contributed by atoms with E-state index in [0.29, 0.717) is 11.5 Å². The summed E-state index contributed by atoms with van der Waals surface area (Å²) in [6.07, 6.45) is 0.678. The Morgan fingerprint density at radius 3 is 1.76 bits per heavy atom. The van der Waals surface area contributed by atoms with Gasteiger partial charge in [0.2, 0.25) is 11.9 Å². The largest absolute Gasteiger partial charge is 0.456 e. The van der Waals surface area contributed by atoms with Gasteiger partial charge in [0, 0.05) is 12.5 Å². The molecule has 264 valence electrons. The molecule has 0 saturated carbocycles. The smallest absolute Gasteiger partial charge is 0.414 e. The standard InChI is InChI=1S/C31H29N3O13S3/c1-48(37,38)27-17-21(13-15-25(27)45-23-9-5-3-6-10-23)19-43-31(36)33-30(32)34-47-50(41,42)20-44-29(35)22-14-16-26(28(18-22)49(2,39)40)46-24-11-7-4-8-12-24/h3-18H,19-20H2,1-2H3,(H3,32,33,34,36). The van der Waals surface area contributed by atoms with E-state index in [1.807, 2.05) is 5.32 Å². The van der Waals surface area contributed by atoms with Gasteiger partial charge in [-0.05, 0) is 65.3 Å². The maximum Gasteiger partial charge on any atom is 0.414 e. The Labute approximate surface area is 287 Å². The van der Waals surface area contributed by atoms with Gasteiger partial charge in [-0.3, -0.25) is 9.60 Å². The van der Waals surface area contributed by atoms with Gasteiger partial charge in [0.1, 0.15) is 39.4 Å². The maximum absolute atomic E-state index is 12.5. The average molecular weight is 748 g/mol. The maximum atomic E-state index is 12.5. The molecule has 0 atom stereocenters. The molecule has 0 aliphatic rings. The summed E-state index contributed by atoms with van der Waals surface area (Å²) in [6, 6.07) is 24.2. The van der Waals surface area contributed by atoms with Gasteiger partial charge in [-0.15, -0.1) is 0 Å². The fourth-order valence-corrected chi connectivity index (χ4v) is 6.04. The summed E-state index contributed by atoms with van der Waals surface area (Å²) in [5, 5.41) is 4.95. The van der Waals surface area contributed by atoms with Crippen LogP contribution in [0.3, 0.4) is 0 Å². The van der Waals surface area contributed by atoms with E-state index in [-0.39, 0.29) is 32.4 Å². The van der Waals surface area contributed by atoms with Crippen LogP contribution in [0.25, 0.3) is 0 Å². The quantitative estimate of drug-likeness (QED) is 0.0860. The number of rotatable bonds is 13. The topological polar surface area (TPSA) is 233 Å². The number of hydrogen-bond donors (Lipinski definition) is 2. The number of para-hydroxylation sites is 2. The second-order valence-electron chi connectivity index (χ2n) is 10.2. The van der Waals surface area contributed by atoms with Crippen LogP contribution in [0.5, 0.6) is 23.0 Å². The molecule has 0 bridgehead atoms. The Kier molecular flexibility index (Phi) is 11.7. The molecule has 4 aromatic rings. The summed E-state index contributed by atoms with van der Waals surface area (Å²) in [5.41, 5.74) is 5.43. The van der Waals surface area contributed by atoms with E-state index < -0.39 is 60.4 Å². The molecule has 1 amide bonds. The Bertz CT molecular complexity index is 2230. The minimum atomic E-state index is -4.72. The lowest BCUT2D eigenvalue weighted by Gasteiger charge is -2.12. The van der Waals surface area contributed by atoms with Crippen LogP contribution in [0.4, 0.5) is 4.79 Å². The van der Waals surface area contributed by atoms with Crippen molar-refractivity contribution in [1.29, 1.82) is 0 Å². The van der Waals surface area contributed by atoms with Crippen LogP contribution in [0.2, 0.25) is 0 Å². The molecule has 50 heavy (non-hydrogen) atoms. The highest BCUT2D eigenvalue weighted by Gasteiger charge is 2.22. The van der Waals surface area contributed by atoms with Crippen LogP contribution in [0, 0.1) is 0 Å². The number of alkyl carbamates (subject to hydrolysis) is 1. The highest BCUT2D eigenvalue weighted by atomic mass is 32.2. The second kappa shape index (κ2) is 15.7. The zero-order chi connectivity index (χ0) is 36.5. The van der Waals surface area contributed by atoms with Crippen LogP contribution in [0.15, 0.2) is 112 Å². The number of carbonyl (C=O) groups is 2. The molecule has 4 aromatic carbocycles. The summed E-state index contributed by atoms with van der Waals surface area (Å²) in [7, 11) is -12.4. The lowest BCUT2D eigenvalue weighted by atomic mass is 10.2. The highest BCUT2D eigenvalue weighted by Crippen LogP contribution is 2.31. The van der Waals surface area contributed by atoms with Crippen LogP contribution in [0.1, 0.15) is 15.9 Å². The molecule has 4 rings (SSSR count). The molecular formula is C31H29N3O13S3. The third kappa shape index (κ3) is 10.9. The molecule has 3 N–H and O–H groups in total. The predicted molar refractivity (Wildman–Crippen MR) is 177 cm³/mol. The molecule has 0 radical (unpaired) electrons. The minimum Gasteiger partial charge on any atom is -0.456 e. The lowest BCUT2D eigenvalue weighted by Crippen LogP contribution is -2.37. The SMILES string of the molecule is CS(=O)(=O)c1cc(COC(=O)NC(N)=NOS(=O)(=O)COC(=O)c2ccc(Oc3ccccc3)c(S(C)(=O)=O)c2)ccc1Oc1ccccc1. The van der Waals surface area contributed by atoms with Gasteiger partial charge >= 0.3 is 22.2 Å². The van der Waals surface area contributed by atoms with Crippen molar-refractivity contribution < 1.29 is 58.1 Å². The fourth-order valence-electron chi connectivity index (χ4n) is 3.90. The first-order valence-electron chi connectivity index (χ1n) is 14.0. The van der Waals surface area contributed by atoms with Gasteiger partial charge < -0.3 is 24.7 Å². The van der Waals surface area contributed by atoms with E-state index >= 15 is 0 Å². The van der Waals surface area contributed by atoms with E-state index in [9.17, 15) is 34.8 Å². The minimum absolute atomic E-state index is 0.0531. The van der Waals surface area contributed by atoms with Crippen molar-refractivity contribution in [2.24, 2.45) is 10.9 Å². The molecule has 0 aromatic heterocycles. The number of oxime groups is 1. The average Bonchev–Trinajstić information content (AvgIpc) is 3.06. The van der Waals surface area contributed by atoms with Gasteiger partial charge in [-0.2, -0.15) is 8.42 Å². The van der Waals surface area contributed by atoms with Crippen LogP contribution in [-0.2, 0) is 50.2 Å². The van der Waals surface area contributed by atoms with Crippen molar-refractivity contribution in [3.05, 3.63) is 108 Å². The molecule has 0 fully saturated rings. The molecule has 0 spiro atoms. The predicted octanol–water partition coefficient (Wildman–Crippen LogP) is 3.70. The summed E-state index contributed by atoms with van der Waals surface area (Å²) in [5.74, 6) is -2.73. The number of guanidine groups is 1. The number of nitrogens with one attached hydrogen (secondary N) is 1. The third-order valence-electron chi connectivity index (χ3n) is 6.11. The van der Waals surface area contributed by atoms with Gasteiger partial charge in [0.05, 0.1) is 5.56 Å². The van der Waals surface area contributed by atoms with Crippen molar-refractivity contribution >= 4 is 47.8 Å². The van der Waals surface area contributed by atoms with E-state index in [1.165, 1.54) is 30.3 Å². The Hall–Kier alpha value is -5.66. The number of nitrogens with two attached hydrogens (primary N) is 1.